The standard InChI is InChI=1S/C10H14F3N3O2S/c1-2-6(15-9(18)14-3-4-17)8-16-7(5-19-8)10(11,12)13/h5-6,17H,2-4H2,1H3,(H2,14,15,18). The summed E-state index contributed by atoms with van der Waals surface area (Å²) in [7, 11) is 0. The number of nitrogens with zero attached hydrogens (tertiary/aromatic N) is 1. The van der Waals surface area contributed by atoms with Gasteiger partial charge in [0.1, 0.15) is 5.01 Å². The van der Waals surface area contributed by atoms with Gasteiger partial charge in [-0.25, -0.2) is 9.78 Å². The largest absolute Gasteiger partial charge is 0.434 e. The van der Waals surface area contributed by atoms with Crippen molar-refractivity contribution >= 4 is 17.4 Å². The lowest BCUT2D eigenvalue weighted by Crippen LogP contribution is -2.39. The summed E-state index contributed by atoms with van der Waals surface area (Å²) in [6.45, 7) is 1.60. The molecule has 108 valence electrons. The van der Waals surface area contributed by atoms with E-state index >= 15 is 0 Å². The van der Waals surface area contributed by atoms with Crippen LogP contribution in [0.2, 0.25) is 0 Å². The van der Waals surface area contributed by atoms with Gasteiger partial charge >= 0.3 is 12.2 Å². The van der Waals surface area contributed by atoms with Crippen LogP contribution in [0.15, 0.2) is 5.38 Å². The van der Waals surface area contributed by atoms with Crippen LogP contribution in [0.4, 0.5) is 18.0 Å². The zero-order valence-electron chi connectivity index (χ0n) is 10.1. The predicted molar refractivity (Wildman–Crippen MR) is 63.8 cm³/mol. The highest BCUT2D eigenvalue weighted by Gasteiger charge is 2.34. The molecule has 1 rings (SSSR count). The molecule has 0 saturated heterocycles. The molecule has 0 aromatic carbocycles. The van der Waals surface area contributed by atoms with E-state index in [0.717, 1.165) is 16.7 Å². The number of alkyl halides is 3. The number of urea groups is 1. The van der Waals surface area contributed by atoms with Crippen molar-refractivity contribution in [2.45, 2.75) is 25.6 Å². The molecule has 0 spiro atoms. The van der Waals surface area contributed by atoms with E-state index in [9.17, 15) is 18.0 Å². The average Bonchev–Trinajstić information content (AvgIpc) is 2.82. The number of hydrogen-bond acceptors (Lipinski definition) is 4. The van der Waals surface area contributed by atoms with Gasteiger partial charge in [-0.1, -0.05) is 6.92 Å². The van der Waals surface area contributed by atoms with Crippen molar-refractivity contribution < 1.29 is 23.1 Å². The van der Waals surface area contributed by atoms with Crippen LogP contribution in [0.3, 0.4) is 0 Å². The van der Waals surface area contributed by atoms with Gasteiger partial charge in [-0.05, 0) is 6.42 Å². The molecule has 0 aliphatic carbocycles. The Morgan fingerprint density at radius 3 is 2.74 bits per heavy atom. The summed E-state index contributed by atoms with van der Waals surface area (Å²) in [5.41, 5.74) is -0.955. The van der Waals surface area contributed by atoms with Crippen LogP contribution in [0, 0.1) is 0 Å². The lowest BCUT2D eigenvalue weighted by molar-refractivity contribution is -0.140. The third-order valence-electron chi connectivity index (χ3n) is 2.22. The van der Waals surface area contributed by atoms with Gasteiger partial charge in [0.05, 0.1) is 12.6 Å². The quantitative estimate of drug-likeness (QED) is 0.777. The Kier molecular flexibility index (Phi) is 5.55. The first kappa shape index (κ1) is 15.7. The fourth-order valence-electron chi connectivity index (χ4n) is 1.29. The topological polar surface area (TPSA) is 74.2 Å². The number of thiazole rings is 1. The van der Waals surface area contributed by atoms with Crippen molar-refractivity contribution in [1.29, 1.82) is 0 Å². The van der Waals surface area contributed by atoms with Gasteiger partial charge in [0.25, 0.3) is 0 Å². The third kappa shape index (κ3) is 4.67. The molecule has 0 saturated carbocycles. The molecular formula is C10H14F3N3O2S. The maximum absolute atomic E-state index is 12.4. The SMILES string of the molecule is CCC(NC(=O)NCCO)c1nc(C(F)(F)F)cs1. The van der Waals surface area contributed by atoms with Crippen molar-refractivity contribution in [2.24, 2.45) is 0 Å². The Labute approximate surface area is 111 Å². The smallest absolute Gasteiger partial charge is 0.395 e. The summed E-state index contributed by atoms with van der Waals surface area (Å²) >= 11 is 0.852. The van der Waals surface area contributed by atoms with Crippen molar-refractivity contribution in [2.75, 3.05) is 13.2 Å². The monoisotopic (exact) mass is 297 g/mol. The highest BCUT2D eigenvalue weighted by Crippen LogP contribution is 2.32. The van der Waals surface area contributed by atoms with Crippen molar-refractivity contribution in [3.63, 3.8) is 0 Å². The van der Waals surface area contributed by atoms with E-state index in [2.05, 4.69) is 15.6 Å². The molecule has 0 fully saturated rings. The molecular weight excluding hydrogens is 283 g/mol. The molecule has 1 unspecified atom stereocenters. The van der Waals surface area contributed by atoms with Crippen LogP contribution >= 0.6 is 11.3 Å². The molecule has 2 amide bonds. The van der Waals surface area contributed by atoms with E-state index in [1.807, 2.05) is 0 Å². The summed E-state index contributed by atoms with van der Waals surface area (Å²) in [4.78, 5) is 14.9. The summed E-state index contributed by atoms with van der Waals surface area (Å²) in [6, 6.07) is -1.13. The van der Waals surface area contributed by atoms with Crippen LogP contribution in [-0.2, 0) is 6.18 Å². The molecule has 0 aliphatic heterocycles. The van der Waals surface area contributed by atoms with Crippen molar-refractivity contribution in [3.05, 3.63) is 16.1 Å². The summed E-state index contributed by atoms with van der Waals surface area (Å²) < 4.78 is 37.2. The molecule has 19 heavy (non-hydrogen) atoms. The fraction of sp³-hybridized carbons (Fsp3) is 0.600. The number of carbonyl (C=O) groups excluding carboxylic acids is 1. The second kappa shape index (κ2) is 6.71. The minimum Gasteiger partial charge on any atom is -0.395 e. The second-order valence-corrected chi connectivity index (χ2v) is 4.54. The molecule has 1 atom stereocenters. The van der Waals surface area contributed by atoms with Crippen LogP contribution in [0.5, 0.6) is 0 Å². The molecule has 1 aromatic rings. The van der Waals surface area contributed by atoms with Gasteiger partial charge in [-0.3, -0.25) is 0 Å². The minimum atomic E-state index is -4.48. The van der Waals surface area contributed by atoms with Gasteiger partial charge in [0.2, 0.25) is 0 Å². The zero-order valence-corrected chi connectivity index (χ0v) is 10.9. The molecule has 5 nitrogen and oxygen atoms in total. The highest BCUT2D eigenvalue weighted by molar-refractivity contribution is 7.09. The number of rotatable bonds is 5. The Balaban J connectivity index is 2.69. The van der Waals surface area contributed by atoms with Crippen molar-refractivity contribution in [1.82, 2.24) is 15.6 Å². The first-order chi connectivity index (χ1) is 8.88. The number of amides is 2. The lowest BCUT2D eigenvalue weighted by atomic mass is 10.2. The van der Waals surface area contributed by atoms with Crippen LogP contribution in [0.25, 0.3) is 0 Å². The van der Waals surface area contributed by atoms with E-state index in [0.29, 0.717) is 6.42 Å². The fourth-order valence-corrected chi connectivity index (χ4v) is 2.25. The maximum atomic E-state index is 12.4. The van der Waals surface area contributed by atoms with E-state index in [4.69, 9.17) is 5.11 Å². The zero-order chi connectivity index (χ0) is 14.5. The number of hydrogen-bond donors (Lipinski definition) is 3. The maximum Gasteiger partial charge on any atom is 0.434 e. The Morgan fingerprint density at radius 1 is 1.58 bits per heavy atom. The van der Waals surface area contributed by atoms with E-state index in [-0.39, 0.29) is 18.2 Å². The molecule has 1 heterocycles. The van der Waals surface area contributed by atoms with Gasteiger partial charge in [-0.2, -0.15) is 13.2 Å². The second-order valence-electron chi connectivity index (χ2n) is 3.65. The molecule has 0 radical (unpaired) electrons. The van der Waals surface area contributed by atoms with E-state index in [1.54, 1.807) is 6.92 Å². The molecule has 0 aliphatic rings. The molecule has 1 aromatic heterocycles. The Bertz CT molecular complexity index is 422. The average molecular weight is 297 g/mol. The third-order valence-corrected chi connectivity index (χ3v) is 3.18. The van der Waals surface area contributed by atoms with Gasteiger partial charge < -0.3 is 15.7 Å². The molecule has 0 bridgehead atoms. The van der Waals surface area contributed by atoms with E-state index in [1.165, 1.54) is 0 Å². The van der Waals surface area contributed by atoms with Gasteiger partial charge in [0.15, 0.2) is 5.69 Å². The van der Waals surface area contributed by atoms with Gasteiger partial charge in [-0.15, -0.1) is 11.3 Å². The number of halogens is 3. The molecule has 9 heteroatoms. The number of aliphatic hydroxyl groups excluding tert-OH is 1. The van der Waals surface area contributed by atoms with Crippen LogP contribution in [-0.4, -0.2) is 29.3 Å². The Hall–Kier alpha value is -1.35. The first-order valence-electron chi connectivity index (χ1n) is 5.56. The summed E-state index contributed by atoms with van der Waals surface area (Å²) in [6.07, 6.45) is -4.07. The number of carbonyl (C=O) groups is 1. The molecule has 3 N–H and O–H groups in total. The van der Waals surface area contributed by atoms with Crippen molar-refractivity contribution in [3.8, 4) is 0 Å². The Morgan fingerprint density at radius 2 is 2.26 bits per heavy atom. The number of aromatic nitrogens is 1. The van der Waals surface area contributed by atoms with Crippen LogP contribution in [0.1, 0.15) is 30.1 Å². The number of aliphatic hydroxyl groups is 1. The highest BCUT2D eigenvalue weighted by atomic mass is 32.1. The normalized spacial score (nSPS) is 13.1. The number of nitrogens with one attached hydrogen (secondary N) is 2. The minimum absolute atomic E-state index is 0.0773. The first-order valence-corrected chi connectivity index (χ1v) is 6.44. The van der Waals surface area contributed by atoms with E-state index < -0.39 is 23.9 Å². The summed E-state index contributed by atoms with van der Waals surface area (Å²) in [5, 5.41) is 14.5. The summed E-state index contributed by atoms with van der Waals surface area (Å²) in [5.74, 6) is 0. The lowest BCUT2D eigenvalue weighted by Gasteiger charge is -2.14. The van der Waals surface area contributed by atoms with Crippen LogP contribution < -0.4 is 10.6 Å². The predicted octanol–water partition coefficient (Wildman–Crippen LogP) is 1.90. The van der Waals surface area contributed by atoms with Gasteiger partial charge in [0, 0.05) is 11.9 Å².